The Balaban J connectivity index is 2.65. The van der Waals surface area contributed by atoms with Crippen molar-refractivity contribution in [1.29, 1.82) is 0 Å². The molecular weight excluding hydrogens is 255 g/mol. The number of carbonyl (C=O) groups excluding carboxylic acids is 1. The molecule has 1 aliphatic rings. The Morgan fingerprint density at radius 3 is 2.53 bits per heavy atom. The first-order chi connectivity index (χ1) is 8.65. The summed E-state index contributed by atoms with van der Waals surface area (Å²) < 4.78 is 37.5. The third-order valence-corrected chi connectivity index (χ3v) is 3.81. The smallest absolute Gasteiger partial charge is 0.299 e. The van der Waals surface area contributed by atoms with Gasteiger partial charge in [-0.15, -0.1) is 0 Å². The molecule has 0 saturated heterocycles. The molecule has 1 fully saturated rings. The predicted molar refractivity (Wildman–Crippen MR) is 68.9 cm³/mol. The van der Waals surface area contributed by atoms with Gasteiger partial charge in [-0.05, 0) is 25.8 Å². The van der Waals surface area contributed by atoms with Crippen LogP contribution in [0, 0.1) is 11.3 Å². The van der Waals surface area contributed by atoms with Gasteiger partial charge in [0.05, 0.1) is 6.54 Å². The van der Waals surface area contributed by atoms with Gasteiger partial charge in [0.15, 0.2) is 0 Å². The van der Waals surface area contributed by atoms with E-state index in [2.05, 4.69) is 0 Å². The van der Waals surface area contributed by atoms with Crippen LogP contribution in [0.25, 0.3) is 0 Å². The van der Waals surface area contributed by atoms with Gasteiger partial charge < -0.3 is 0 Å². The lowest BCUT2D eigenvalue weighted by Gasteiger charge is -2.36. The van der Waals surface area contributed by atoms with Gasteiger partial charge in [0.25, 0.3) is 0 Å². The van der Waals surface area contributed by atoms with Crippen LogP contribution in [0.1, 0.15) is 46.5 Å². The highest BCUT2D eigenvalue weighted by molar-refractivity contribution is 5.87. The molecule has 0 radical (unpaired) electrons. The molecule has 112 valence electrons. The van der Waals surface area contributed by atoms with Gasteiger partial charge in [0, 0.05) is 17.9 Å². The molecule has 0 N–H and O–H groups in total. The van der Waals surface area contributed by atoms with E-state index in [1.807, 2.05) is 20.8 Å². The largest absolute Gasteiger partial charge is 0.401 e. The Morgan fingerprint density at radius 2 is 2.00 bits per heavy atom. The van der Waals surface area contributed by atoms with E-state index >= 15 is 0 Å². The van der Waals surface area contributed by atoms with Crippen LogP contribution in [0.4, 0.5) is 13.2 Å². The molecule has 19 heavy (non-hydrogen) atoms. The number of alkyl halides is 3. The molecule has 1 saturated carbocycles. The molecule has 0 aromatic rings. The van der Waals surface area contributed by atoms with Crippen molar-refractivity contribution in [2.24, 2.45) is 11.3 Å². The molecule has 1 atom stereocenters. The maximum atomic E-state index is 12.5. The Morgan fingerprint density at radius 1 is 1.37 bits per heavy atom. The molecule has 0 spiro atoms. The van der Waals surface area contributed by atoms with E-state index in [4.69, 9.17) is 0 Å². The topological polar surface area (TPSA) is 20.3 Å². The van der Waals surface area contributed by atoms with E-state index in [-0.39, 0.29) is 23.7 Å². The minimum atomic E-state index is -4.19. The summed E-state index contributed by atoms with van der Waals surface area (Å²) in [4.78, 5) is 13.6. The number of hydrogen-bond donors (Lipinski definition) is 0. The minimum absolute atomic E-state index is 0.127. The maximum Gasteiger partial charge on any atom is 0.401 e. The Bertz CT molecular complexity index is 312. The summed E-state index contributed by atoms with van der Waals surface area (Å²) in [7, 11) is 0. The van der Waals surface area contributed by atoms with Gasteiger partial charge in [-0.1, -0.05) is 27.2 Å². The van der Waals surface area contributed by atoms with Crippen LogP contribution < -0.4 is 0 Å². The van der Waals surface area contributed by atoms with Crippen molar-refractivity contribution in [3.05, 3.63) is 0 Å². The monoisotopic (exact) mass is 279 g/mol. The fourth-order valence-electron chi connectivity index (χ4n) is 2.89. The van der Waals surface area contributed by atoms with Gasteiger partial charge in [0.1, 0.15) is 5.78 Å². The van der Waals surface area contributed by atoms with E-state index in [0.717, 1.165) is 19.3 Å². The maximum absolute atomic E-state index is 12.5. The van der Waals surface area contributed by atoms with Crippen molar-refractivity contribution < 1.29 is 18.0 Å². The summed E-state index contributed by atoms with van der Waals surface area (Å²) in [6, 6.07) is 0. The highest BCUT2D eigenvalue weighted by atomic mass is 19.4. The fraction of sp³-hybridized carbons (Fsp3) is 0.929. The van der Waals surface area contributed by atoms with Gasteiger partial charge in [-0.2, -0.15) is 13.2 Å². The molecule has 0 bridgehead atoms. The summed E-state index contributed by atoms with van der Waals surface area (Å²) in [5, 5.41) is 0. The first-order valence-corrected chi connectivity index (χ1v) is 6.99. The van der Waals surface area contributed by atoms with Crippen LogP contribution in [0.15, 0.2) is 0 Å². The number of carbonyl (C=O) groups is 1. The van der Waals surface area contributed by atoms with Crippen LogP contribution in [-0.2, 0) is 4.79 Å². The Hall–Kier alpha value is -0.580. The lowest BCUT2D eigenvalue weighted by Crippen LogP contribution is -2.44. The molecule has 0 aromatic carbocycles. The van der Waals surface area contributed by atoms with Crippen molar-refractivity contribution >= 4 is 5.78 Å². The van der Waals surface area contributed by atoms with Crippen molar-refractivity contribution in [3.63, 3.8) is 0 Å². The van der Waals surface area contributed by atoms with E-state index in [9.17, 15) is 18.0 Å². The van der Waals surface area contributed by atoms with Crippen LogP contribution in [0.5, 0.6) is 0 Å². The van der Waals surface area contributed by atoms with Crippen molar-refractivity contribution in [2.75, 3.05) is 19.6 Å². The molecule has 0 heterocycles. The lowest BCUT2D eigenvalue weighted by atomic mass is 9.71. The molecule has 5 heteroatoms. The number of ketones is 1. The third-order valence-electron chi connectivity index (χ3n) is 3.81. The SMILES string of the molecule is CCCN(CC1CCCC(C)(C)C1=O)CC(F)(F)F. The summed E-state index contributed by atoms with van der Waals surface area (Å²) in [5.41, 5.74) is -0.376. The molecule has 1 aliphatic carbocycles. The molecule has 1 rings (SSSR count). The van der Waals surface area contributed by atoms with Crippen molar-refractivity contribution in [3.8, 4) is 0 Å². The van der Waals surface area contributed by atoms with E-state index in [1.54, 1.807) is 0 Å². The highest BCUT2D eigenvalue weighted by Crippen LogP contribution is 2.36. The van der Waals surface area contributed by atoms with Crippen molar-refractivity contribution in [1.82, 2.24) is 4.90 Å². The first-order valence-electron chi connectivity index (χ1n) is 6.99. The summed E-state index contributed by atoms with van der Waals surface area (Å²) in [5.74, 6) is -0.111. The van der Waals surface area contributed by atoms with Crippen LogP contribution in [0.3, 0.4) is 0 Å². The predicted octanol–water partition coefficient (Wildman–Crippen LogP) is 3.66. The second kappa shape index (κ2) is 6.25. The van der Waals surface area contributed by atoms with Gasteiger partial charge >= 0.3 is 6.18 Å². The average molecular weight is 279 g/mol. The van der Waals surface area contributed by atoms with E-state index in [1.165, 1.54) is 4.90 Å². The Labute approximate surface area is 113 Å². The molecule has 0 aliphatic heterocycles. The van der Waals surface area contributed by atoms with Gasteiger partial charge in [-0.25, -0.2) is 0 Å². The fourth-order valence-corrected chi connectivity index (χ4v) is 2.89. The molecule has 0 aromatic heterocycles. The standard InChI is InChI=1S/C14H24F3NO/c1-4-8-18(10-14(15,16)17)9-11-6-5-7-13(2,3)12(11)19/h11H,4-10H2,1-3H3. The zero-order valence-electron chi connectivity index (χ0n) is 12.0. The summed E-state index contributed by atoms with van der Waals surface area (Å²) >= 11 is 0. The number of hydrogen-bond acceptors (Lipinski definition) is 2. The quantitative estimate of drug-likeness (QED) is 0.765. The second-order valence-corrected chi connectivity index (χ2v) is 6.19. The van der Waals surface area contributed by atoms with Crippen LogP contribution in [0.2, 0.25) is 0 Å². The molecular formula is C14H24F3NO. The lowest BCUT2D eigenvalue weighted by molar-refractivity contribution is -0.151. The van der Waals surface area contributed by atoms with Gasteiger partial charge in [0.2, 0.25) is 0 Å². The molecule has 2 nitrogen and oxygen atoms in total. The minimum Gasteiger partial charge on any atom is -0.299 e. The van der Waals surface area contributed by atoms with Crippen LogP contribution >= 0.6 is 0 Å². The summed E-state index contributed by atoms with van der Waals surface area (Å²) in [6.45, 7) is 5.38. The summed E-state index contributed by atoms with van der Waals surface area (Å²) in [6.07, 6.45) is -1.03. The second-order valence-electron chi connectivity index (χ2n) is 6.19. The zero-order chi connectivity index (χ0) is 14.7. The van der Waals surface area contributed by atoms with E-state index in [0.29, 0.717) is 13.0 Å². The highest BCUT2D eigenvalue weighted by Gasteiger charge is 2.39. The molecule has 1 unspecified atom stereocenters. The number of nitrogens with zero attached hydrogens (tertiary/aromatic N) is 1. The van der Waals surface area contributed by atoms with E-state index < -0.39 is 12.7 Å². The number of Topliss-reactive ketones (excluding diaryl/α,β-unsaturated/α-hetero) is 1. The Kier molecular flexibility index (Phi) is 5.42. The third kappa shape index (κ3) is 5.13. The average Bonchev–Trinajstić information content (AvgIpc) is 2.23. The zero-order valence-corrected chi connectivity index (χ0v) is 12.0. The number of rotatable bonds is 5. The first kappa shape index (κ1) is 16.5. The number of halogens is 3. The van der Waals surface area contributed by atoms with Crippen molar-refractivity contribution in [2.45, 2.75) is 52.6 Å². The molecule has 0 amide bonds. The van der Waals surface area contributed by atoms with Crippen LogP contribution in [-0.4, -0.2) is 36.5 Å². The normalized spacial score (nSPS) is 23.9. The van der Waals surface area contributed by atoms with Gasteiger partial charge in [-0.3, -0.25) is 9.69 Å².